The van der Waals surface area contributed by atoms with Gasteiger partial charge in [0.1, 0.15) is 12.6 Å². The van der Waals surface area contributed by atoms with Crippen molar-refractivity contribution < 1.29 is 50.5 Å². The predicted molar refractivity (Wildman–Crippen MR) is 170 cm³/mol. The van der Waals surface area contributed by atoms with Crippen molar-refractivity contribution in [1.82, 2.24) is 10.2 Å². The standard InChI is InChI=1S/C36H39F5N2O6/c1-7-19(4)33(25(47-6)16-26(44)49-34-30(40)28(38)27(37)29(39)31(34)41)43(5)35(45)32(18(2)3)42-36(46)48-17-24-22-14-10-8-12-20(22)21-13-9-11-15-23(21)24/h8-15,18-19,24-25,32-33H,7,16-17H2,1-6H3,(H,42,46)/t19-,25+,32-,33?/m0/s1. The number of hydrogen-bond acceptors (Lipinski definition) is 6. The fraction of sp³-hybridized carbons (Fsp3) is 0.417. The van der Waals surface area contributed by atoms with Crippen molar-refractivity contribution >= 4 is 18.0 Å². The topological polar surface area (TPSA) is 94.2 Å². The Labute approximate surface area is 281 Å². The molecule has 49 heavy (non-hydrogen) atoms. The highest BCUT2D eigenvalue weighted by Gasteiger charge is 2.39. The zero-order valence-corrected chi connectivity index (χ0v) is 28.0. The number of rotatable bonds is 13. The Hall–Kier alpha value is -4.52. The summed E-state index contributed by atoms with van der Waals surface area (Å²) in [7, 11) is 2.69. The maximum absolute atomic E-state index is 14.2. The molecular formula is C36H39F5N2O6. The average molecular weight is 691 g/mol. The van der Waals surface area contributed by atoms with Gasteiger partial charge in [-0.25, -0.2) is 18.0 Å². The van der Waals surface area contributed by atoms with Crippen LogP contribution in [0.4, 0.5) is 26.7 Å². The molecule has 264 valence electrons. The molecule has 0 aliphatic heterocycles. The highest BCUT2D eigenvalue weighted by atomic mass is 19.2. The molecule has 3 aromatic rings. The lowest BCUT2D eigenvalue weighted by molar-refractivity contribution is -0.146. The molecule has 0 spiro atoms. The number of fused-ring (bicyclic) bond motifs is 3. The molecule has 13 heteroatoms. The minimum atomic E-state index is -2.40. The van der Waals surface area contributed by atoms with E-state index in [1.807, 2.05) is 55.5 Å². The van der Waals surface area contributed by atoms with Gasteiger partial charge >= 0.3 is 12.1 Å². The number of nitrogens with zero attached hydrogens (tertiary/aromatic N) is 1. The van der Waals surface area contributed by atoms with Crippen molar-refractivity contribution in [2.45, 2.75) is 64.6 Å². The van der Waals surface area contributed by atoms with Crippen molar-refractivity contribution in [2.75, 3.05) is 20.8 Å². The largest absolute Gasteiger partial charge is 0.449 e. The van der Waals surface area contributed by atoms with Gasteiger partial charge < -0.3 is 24.4 Å². The van der Waals surface area contributed by atoms with Gasteiger partial charge in [0.05, 0.1) is 18.6 Å². The van der Waals surface area contributed by atoms with Crippen molar-refractivity contribution in [3.05, 3.63) is 88.7 Å². The molecule has 2 amide bonds. The molecule has 1 aliphatic carbocycles. The molecule has 0 heterocycles. The smallest absolute Gasteiger partial charge is 0.407 e. The fourth-order valence-electron chi connectivity index (χ4n) is 6.22. The van der Waals surface area contributed by atoms with Crippen LogP contribution in [0.3, 0.4) is 0 Å². The second kappa shape index (κ2) is 15.8. The van der Waals surface area contributed by atoms with E-state index in [0.717, 1.165) is 22.3 Å². The van der Waals surface area contributed by atoms with Crippen LogP contribution in [0.2, 0.25) is 0 Å². The van der Waals surface area contributed by atoms with E-state index in [9.17, 15) is 36.3 Å². The molecule has 4 rings (SSSR count). The number of likely N-dealkylation sites (N-methyl/N-ethyl adjacent to an activating group) is 1. The summed E-state index contributed by atoms with van der Waals surface area (Å²) in [5.74, 6) is -16.1. The van der Waals surface area contributed by atoms with Gasteiger partial charge in [-0.05, 0) is 34.1 Å². The Morgan fingerprint density at radius 1 is 0.837 bits per heavy atom. The zero-order valence-electron chi connectivity index (χ0n) is 28.0. The molecule has 1 N–H and O–H groups in total. The molecule has 0 fully saturated rings. The van der Waals surface area contributed by atoms with Crippen molar-refractivity contribution in [2.24, 2.45) is 11.8 Å². The first-order valence-electron chi connectivity index (χ1n) is 15.9. The lowest BCUT2D eigenvalue weighted by atomic mass is 9.90. The first-order chi connectivity index (χ1) is 23.2. The number of ether oxygens (including phenoxy) is 3. The Kier molecular flexibility index (Phi) is 12.0. The molecule has 1 aliphatic rings. The summed E-state index contributed by atoms with van der Waals surface area (Å²) in [5.41, 5.74) is 4.16. The number of methoxy groups -OCH3 is 1. The van der Waals surface area contributed by atoms with Crippen LogP contribution in [-0.2, 0) is 19.1 Å². The van der Waals surface area contributed by atoms with Crippen LogP contribution >= 0.6 is 0 Å². The average Bonchev–Trinajstić information content (AvgIpc) is 3.42. The Morgan fingerprint density at radius 2 is 1.35 bits per heavy atom. The summed E-state index contributed by atoms with van der Waals surface area (Å²) in [6.07, 6.45) is -2.17. The monoisotopic (exact) mass is 690 g/mol. The minimum Gasteiger partial charge on any atom is -0.449 e. The minimum absolute atomic E-state index is 0.0289. The second-order valence-corrected chi connectivity index (χ2v) is 12.4. The van der Waals surface area contributed by atoms with E-state index in [0.29, 0.717) is 6.42 Å². The lowest BCUT2D eigenvalue weighted by Crippen LogP contribution is -2.57. The third kappa shape index (κ3) is 7.71. The number of carbonyl (C=O) groups is 3. The van der Waals surface area contributed by atoms with E-state index in [2.05, 4.69) is 10.1 Å². The fourth-order valence-corrected chi connectivity index (χ4v) is 6.22. The number of amides is 2. The highest BCUT2D eigenvalue weighted by molar-refractivity contribution is 5.86. The summed E-state index contributed by atoms with van der Waals surface area (Å²) >= 11 is 0. The molecule has 0 saturated carbocycles. The molecule has 1 unspecified atom stereocenters. The first-order valence-corrected chi connectivity index (χ1v) is 15.9. The van der Waals surface area contributed by atoms with E-state index in [1.165, 1.54) is 19.1 Å². The summed E-state index contributed by atoms with van der Waals surface area (Å²) in [6.45, 7) is 7.09. The predicted octanol–water partition coefficient (Wildman–Crippen LogP) is 7.13. The zero-order chi connectivity index (χ0) is 36.2. The number of hydrogen-bond donors (Lipinski definition) is 1. The first kappa shape index (κ1) is 37.3. The van der Waals surface area contributed by atoms with Crippen LogP contribution < -0.4 is 10.1 Å². The highest BCUT2D eigenvalue weighted by Crippen LogP contribution is 2.44. The van der Waals surface area contributed by atoms with Gasteiger partial charge in [-0.2, -0.15) is 8.78 Å². The molecule has 8 nitrogen and oxygen atoms in total. The number of halogens is 5. The molecule has 0 saturated heterocycles. The summed E-state index contributed by atoms with van der Waals surface area (Å²) < 4.78 is 84.9. The molecule has 3 aromatic carbocycles. The van der Waals surface area contributed by atoms with Gasteiger partial charge in [0.15, 0.2) is 0 Å². The maximum Gasteiger partial charge on any atom is 0.407 e. The number of nitrogens with one attached hydrogen (secondary N) is 1. The van der Waals surface area contributed by atoms with Crippen LogP contribution in [0.5, 0.6) is 5.75 Å². The summed E-state index contributed by atoms with van der Waals surface area (Å²) in [5, 5.41) is 2.67. The third-order valence-electron chi connectivity index (χ3n) is 9.01. The lowest BCUT2D eigenvalue weighted by Gasteiger charge is -2.39. The van der Waals surface area contributed by atoms with E-state index >= 15 is 0 Å². The van der Waals surface area contributed by atoms with Gasteiger partial charge in [0.2, 0.25) is 40.7 Å². The molecule has 0 aromatic heterocycles. The van der Waals surface area contributed by atoms with Gasteiger partial charge in [-0.3, -0.25) is 9.59 Å². The van der Waals surface area contributed by atoms with Crippen molar-refractivity contribution in [3.63, 3.8) is 0 Å². The summed E-state index contributed by atoms with van der Waals surface area (Å²) in [6, 6.07) is 13.8. The Balaban J connectivity index is 1.47. The number of benzene rings is 3. The van der Waals surface area contributed by atoms with Crippen LogP contribution in [0.15, 0.2) is 48.5 Å². The molecule has 4 atom stereocenters. The van der Waals surface area contributed by atoms with E-state index < -0.39 is 83.3 Å². The quantitative estimate of drug-likeness (QED) is 0.0675. The van der Waals surface area contributed by atoms with Crippen molar-refractivity contribution in [1.29, 1.82) is 0 Å². The van der Waals surface area contributed by atoms with Gasteiger partial charge in [0, 0.05) is 20.1 Å². The normalized spacial score (nSPS) is 14.8. The van der Waals surface area contributed by atoms with Crippen LogP contribution in [0.25, 0.3) is 11.1 Å². The van der Waals surface area contributed by atoms with Gasteiger partial charge in [-0.15, -0.1) is 0 Å². The Morgan fingerprint density at radius 3 is 1.84 bits per heavy atom. The van der Waals surface area contributed by atoms with E-state index in [1.54, 1.807) is 20.8 Å². The van der Waals surface area contributed by atoms with E-state index in [4.69, 9.17) is 9.47 Å². The molecule has 0 radical (unpaired) electrons. The van der Waals surface area contributed by atoms with Crippen LogP contribution in [0.1, 0.15) is 57.6 Å². The third-order valence-corrected chi connectivity index (χ3v) is 9.01. The SMILES string of the molecule is CC[C@H](C)C([C@@H](CC(=O)Oc1c(F)c(F)c(F)c(F)c1F)OC)N(C)C(=O)[C@@H](NC(=O)OCC1c2ccccc2-c2ccccc21)C(C)C. The summed E-state index contributed by atoms with van der Waals surface area (Å²) in [4.78, 5) is 41.1. The second-order valence-electron chi connectivity index (χ2n) is 12.4. The number of alkyl carbamates (subject to hydrolysis) is 1. The van der Waals surface area contributed by atoms with E-state index in [-0.39, 0.29) is 18.4 Å². The van der Waals surface area contributed by atoms with Crippen molar-refractivity contribution in [3.8, 4) is 16.9 Å². The number of carbonyl (C=O) groups excluding carboxylic acids is 3. The molecular weight excluding hydrogens is 651 g/mol. The van der Waals surface area contributed by atoms with Gasteiger partial charge in [-0.1, -0.05) is 82.6 Å². The Bertz CT molecular complexity index is 1630. The van der Waals surface area contributed by atoms with Gasteiger partial charge in [0.25, 0.3) is 0 Å². The van der Waals surface area contributed by atoms with Crippen LogP contribution in [0, 0.1) is 40.9 Å². The maximum atomic E-state index is 14.2. The van der Waals surface area contributed by atoms with Crippen LogP contribution in [-0.4, -0.2) is 61.8 Å². The number of esters is 1. The molecule has 0 bridgehead atoms.